The third-order valence-electron chi connectivity index (χ3n) is 4.26. The lowest BCUT2D eigenvalue weighted by atomic mass is 9.97. The van der Waals surface area contributed by atoms with Crippen LogP contribution in [0.25, 0.3) is 0 Å². The summed E-state index contributed by atoms with van der Waals surface area (Å²) in [6.45, 7) is 4.26. The van der Waals surface area contributed by atoms with E-state index in [1.807, 2.05) is 0 Å². The highest BCUT2D eigenvalue weighted by molar-refractivity contribution is 9.10. The predicted octanol–water partition coefficient (Wildman–Crippen LogP) is 2.56. The Bertz CT molecular complexity index is 655. The molecule has 8 heteroatoms. The third-order valence-corrected chi connectivity index (χ3v) is 4.79. The largest absolute Gasteiger partial charge is 0.479 e. The van der Waals surface area contributed by atoms with E-state index in [0.717, 1.165) is 4.47 Å². The van der Waals surface area contributed by atoms with Crippen molar-refractivity contribution in [3.8, 4) is 5.75 Å². The molecule has 0 aliphatic carbocycles. The third kappa shape index (κ3) is 6.53. The van der Waals surface area contributed by atoms with Gasteiger partial charge in [0.05, 0.1) is 12.5 Å². The fourth-order valence-corrected chi connectivity index (χ4v) is 3.00. The van der Waals surface area contributed by atoms with Crippen LogP contribution in [-0.2, 0) is 23.9 Å². The number of nitrogens with zero attached hydrogens (tertiary/aromatic N) is 1. The van der Waals surface area contributed by atoms with Gasteiger partial charge < -0.3 is 19.1 Å². The van der Waals surface area contributed by atoms with E-state index in [-0.39, 0.29) is 24.4 Å². The maximum atomic E-state index is 12.2. The number of ether oxygens (including phenoxy) is 3. The number of halogens is 1. The number of piperidine rings is 1. The monoisotopic (exact) mass is 441 g/mol. The summed E-state index contributed by atoms with van der Waals surface area (Å²) in [6, 6.07) is 7.06. The molecule has 148 valence electrons. The minimum absolute atomic E-state index is 0.170. The quantitative estimate of drug-likeness (QED) is 0.604. The smallest absolute Gasteiger partial charge is 0.347 e. The molecule has 27 heavy (non-hydrogen) atoms. The van der Waals surface area contributed by atoms with Gasteiger partial charge in [-0.15, -0.1) is 0 Å². The number of benzene rings is 1. The summed E-state index contributed by atoms with van der Waals surface area (Å²) in [6.07, 6.45) is 0.289. The van der Waals surface area contributed by atoms with Crippen molar-refractivity contribution >= 4 is 33.8 Å². The molecule has 1 fully saturated rings. The SMILES string of the molecule is CCOC(=O)C1CCN(C(=O)COC(=O)C(C)Oc2ccc(Br)cc2)CC1. The average molecular weight is 442 g/mol. The van der Waals surface area contributed by atoms with E-state index in [4.69, 9.17) is 14.2 Å². The van der Waals surface area contributed by atoms with Gasteiger partial charge in [-0.1, -0.05) is 15.9 Å². The van der Waals surface area contributed by atoms with Crippen LogP contribution >= 0.6 is 15.9 Å². The normalized spacial score (nSPS) is 15.7. The maximum Gasteiger partial charge on any atom is 0.347 e. The zero-order valence-electron chi connectivity index (χ0n) is 15.5. The Labute approximate surface area is 167 Å². The number of likely N-dealkylation sites (tertiary alicyclic amines) is 1. The predicted molar refractivity (Wildman–Crippen MR) is 101 cm³/mol. The standard InChI is InChI=1S/C19H24BrNO6/c1-3-25-19(24)14-8-10-21(11-9-14)17(22)12-26-18(23)13(2)27-16-6-4-15(20)5-7-16/h4-7,13-14H,3,8-12H2,1-2H3. The molecule has 1 aromatic rings. The Kier molecular flexibility index (Phi) is 8.09. The molecule has 1 amide bonds. The van der Waals surface area contributed by atoms with E-state index >= 15 is 0 Å². The van der Waals surface area contributed by atoms with Crippen molar-refractivity contribution in [2.45, 2.75) is 32.8 Å². The van der Waals surface area contributed by atoms with Gasteiger partial charge in [0.1, 0.15) is 5.75 Å². The van der Waals surface area contributed by atoms with Crippen LogP contribution in [0.2, 0.25) is 0 Å². The molecule has 2 rings (SSSR count). The molecule has 1 saturated heterocycles. The number of esters is 2. The van der Waals surface area contributed by atoms with Gasteiger partial charge in [-0.2, -0.15) is 0 Å². The number of carbonyl (C=O) groups is 3. The highest BCUT2D eigenvalue weighted by atomic mass is 79.9. The van der Waals surface area contributed by atoms with Gasteiger partial charge in [-0.05, 0) is 51.0 Å². The number of hydrogen-bond acceptors (Lipinski definition) is 6. The van der Waals surface area contributed by atoms with Gasteiger partial charge in [0.2, 0.25) is 0 Å². The van der Waals surface area contributed by atoms with Crippen molar-refractivity contribution in [2.24, 2.45) is 5.92 Å². The van der Waals surface area contributed by atoms with Gasteiger partial charge in [-0.25, -0.2) is 4.79 Å². The zero-order chi connectivity index (χ0) is 19.8. The molecule has 0 aromatic heterocycles. The van der Waals surface area contributed by atoms with E-state index in [9.17, 15) is 14.4 Å². The van der Waals surface area contributed by atoms with Gasteiger partial charge in [0.25, 0.3) is 5.91 Å². The second-order valence-corrected chi connectivity index (χ2v) is 7.14. The van der Waals surface area contributed by atoms with Crippen LogP contribution in [0.15, 0.2) is 28.7 Å². The summed E-state index contributed by atoms with van der Waals surface area (Å²) in [4.78, 5) is 37.6. The van der Waals surface area contributed by atoms with Crippen molar-refractivity contribution in [1.29, 1.82) is 0 Å². The molecule has 1 aromatic carbocycles. The van der Waals surface area contributed by atoms with Gasteiger partial charge in [0.15, 0.2) is 12.7 Å². The first-order valence-electron chi connectivity index (χ1n) is 8.94. The van der Waals surface area contributed by atoms with E-state index in [1.165, 1.54) is 0 Å². The minimum atomic E-state index is -0.825. The molecular formula is C19H24BrNO6. The van der Waals surface area contributed by atoms with Crippen molar-refractivity contribution in [3.05, 3.63) is 28.7 Å². The summed E-state index contributed by atoms with van der Waals surface area (Å²) < 4.78 is 16.5. The molecule has 1 heterocycles. The van der Waals surface area contributed by atoms with Crippen molar-refractivity contribution < 1.29 is 28.6 Å². The average Bonchev–Trinajstić information content (AvgIpc) is 2.67. The highest BCUT2D eigenvalue weighted by Gasteiger charge is 2.29. The second-order valence-electron chi connectivity index (χ2n) is 6.23. The van der Waals surface area contributed by atoms with E-state index in [2.05, 4.69) is 15.9 Å². The molecule has 0 N–H and O–H groups in total. The number of carbonyl (C=O) groups excluding carboxylic acids is 3. The lowest BCUT2D eigenvalue weighted by Gasteiger charge is -2.30. The van der Waals surface area contributed by atoms with Gasteiger partial charge >= 0.3 is 11.9 Å². The van der Waals surface area contributed by atoms with Crippen LogP contribution in [0.3, 0.4) is 0 Å². The Morgan fingerprint density at radius 1 is 1.15 bits per heavy atom. The molecule has 0 saturated carbocycles. The topological polar surface area (TPSA) is 82.1 Å². The van der Waals surface area contributed by atoms with Crippen molar-refractivity contribution in [1.82, 2.24) is 4.90 Å². The summed E-state index contributed by atoms with van der Waals surface area (Å²) in [7, 11) is 0. The molecule has 0 spiro atoms. The van der Waals surface area contributed by atoms with Gasteiger partial charge in [-0.3, -0.25) is 9.59 Å². The number of amides is 1. The van der Waals surface area contributed by atoms with Crippen LogP contribution in [0.1, 0.15) is 26.7 Å². The highest BCUT2D eigenvalue weighted by Crippen LogP contribution is 2.19. The summed E-state index contributed by atoms with van der Waals surface area (Å²) in [5.74, 6) is -0.727. The fraction of sp³-hybridized carbons (Fsp3) is 0.526. The van der Waals surface area contributed by atoms with E-state index in [0.29, 0.717) is 38.3 Å². The lowest BCUT2D eigenvalue weighted by Crippen LogP contribution is -2.43. The van der Waals surface area contributed by atoms with Crippen LogP contribution < -0.4 is 4.74 Å². The second kappa shape index (κ2) is 10.3. The van der Waals surface area contributed by atoms with E-state index in [1.54, 1.807) is 43.0 Å². The first kappa shape index (κ1) is 21.2. The summed E-state index contributed by atoms with van der Waals surface area (Å²) >= 11 is 3.32. The van der Waals surface area contributed by atoms with Crippen LogP contribution in [0, 0.1) is 5.92 Å². The molecule has 1 atom stereocenters. The minimum Gasteiger partial charge on any atom is -0.479 e. The lowest BCUT2D eigenvalue weighted by molar-refractivity contribution is -0.158. The molecule has 1 aliphatic heterocycles. The Morgan fingerprint density at radius 3 is 2.37 bits per heavy atom. The fourth-order valence-electron chi connectivity index (χ4n) is 2.73. The Balaban J connectivity index is 1.72. The number of hydrogen-bond donors (Lipinski definition) is 0. The summed E-state index contributed by atoms with van der Waals surface area (Å²) in [5, 5.41) is 0. The van der Waals surface area contributed by atoms with Crippen LogP contribution in [-0.4, -0.2) is 55.2 Å². The molecule has 1 unspecified atom stereocenters. The molecule has 0 radical (unpaired) electrons. The zero-order valence-corrected chi connectivity index (χ0v) is 17.1. The first-order valence-corrected chi connectivity index (χ1v) is 9.73. The first-order chi connectivity index (χ1) is 12.9. The number of rotatable bonds is 7. The molecule has 1 aliphatic rings. The van der Waals surface area contributed by atoms with Crippen molar-refractivity contribution in [2.75, 3.05) is 26.3 Å². The van der Waals surface area contributed by atoms with Crippen LogP contribution in [0.4, 0.5) is 0 Å². The van der Waals surface area contributed by atoms with E-state index < -0.39 is 12.1 Å². The Morgan fingerprint density at radius 2 is 1.78 bits per heavy atom. The van der Waals surface area contributed by atoms with Crippen LogP contribution in [0.5, 0.6) is 5.75 Å². The Hall–Kier alpha value is -2.09. The van der Waals surface area contributed by atoms with Gasteiger partial charge in [0, 0.05) is 17.6 Å². The molecular weight excluding hydrogens is 418 g/mol. The summed E-state index contributed by atoms with van der Waals surface area (Å²) in [5.41, 5.74) is 0. The van der Waals surface area contributed by atoms with Crippen molar-refractivity contribution in [3.63, 3.8) is 0 Å². The maximum absolute atomic E-state index is 12.2. The molecule has 7 nitrogen and oxygen atoms in total. The molecule has 0 bridgehead atoms.